The number of hydrogen-bond donors (Lipinski definition) is 5. The van der Waals surface area contributed by atoms with Crippen molar-refractivity contribution in [2.24, 2.45) is 5.92 Å². The highest BCUT2D eigenvalue weighted by Crippen LogP contribution is 2.30. The molecule has 1 fully saturated rings. The molecule has 15 heteroatoms. The van der Waals surface area contributed by atoms with Gasteiger partial charge in [0.1, 0.15) is 24.2 Å². The Hall–Kier alpha value is -4.08. The molecule has 3 amide bonds. The maximum Gasteiger partial charge on any atom is 0.333 e. The van der Waals surface area contributed by atoms with E-state index in [0.29, 0.717) is 31.5 Å². The number of ether oxygens (including phenoxy) is 3. The van der Waals surface area contributed by atoms with Crippen LogP contribution in [0.1, 0.15) is 85.6 Å². The molecule has 1 aromatic carbocycles. The largest absolute Gasteiger partial charge is 0.479 e. The molecule has 1 aromatic rings. The van der Waals surface area contributed by atoms with Crippen molar-refractivity contribution < 1.29 is 53.2 Å². The number of carboxylic acids is 1. The minimum atomic E-state index is -1.29. The third-order valence-electron chi connectivity index (χ3n) is 7.14. The van der Waals surface area contributed by atoms with Gasteiger partial charge < -0.3 is 45.3 Å². The number of benzene rings is 1. The SMILES string of the molecule is CCC.CCC(=O)CCN(C)CCC(=O)NC(C(=O)NCC(=O)Nc1ccc(COC(C)=O)cc1OC1CC(O)CC(C(=O)O)O1)C(C)C. The Morgan fingerprint density at radius 2 is 1.67 bits per heavy atom. The molecule has 15 nitrogen and oxygen atoms in total. The van der Waals surface area contributed by atoms with Crippen LogP contribution in [0.25, 0.3) is 0 Å². The summed E-state index contributed by atoms with van der Waals surface area (Å²) < 4.78 is 16.3. The number of Topliss-reactive ketones (excluding diaryl/α,β-unsaturated/α-hetero) is 1. The summed E-state index contributed by atoms with van der Waals surface area (Å²) in [4.78, 5) is 74.5. The highest BCUT2D eigenvalue weighted by atomic mass is 16.7. The van der Waals surface area contributed by atoms with Crippen LogP contribution in [0, 0.1) is 5.92 Å². The van der Waals surface area contributed by atoms with E-state index in [1.165, 1.54) is 25.5 Å². The molecule has 0 aromatic heterocycles. The quantitative estimate of drug-likeness (QED) is 0.140. The minimum absolute atomic E-state index is 0.0292. The predicted octanol–water partition coefficient (Wildman–Crippen LogP) is 2.38. The van der Waals surface area contributed by atoms with E-state index in [1.807, 2.05) is 11.9 Å². The number of carbonyl (C=O) groups is 6. The molecule has 5 N–H and O–H groups in total. The second-order valence-electron chi connectivity index (χ2n) is 12.2. The summed E-state index contributed by atoms with van der Waals surface area (Å²) in [6.45, 7) is 11.2. The molecule has 0 aliphatic carbocycles. The zero-order chi connectivity index (χ0) is 37.1. The number of aliphatic carboxylic acids is 1. The Morgan fingerprint density at radius 3 is 2.27 bits per heavy atom. The summed E-state index contributed by atoms with van der Waals surface area (Å²) >= 11 is 0. The van der Waals surface area contributed by atoms with Gasteiger partial charge in [0.15, 0.2) is 6.10 Å². The molecule has 0 saturated carbocycles. The summed E-state index contributed by atoms with van der Waals surface area (Å²) in [6, 6.07) is 3.63. The predicted molar refractivity (Wildman–Crippen MR) is 180 cm³/mol. The lowest BCUT2D eigenvalue weighted by Crippen LogP contribution is -2.51. The number of aliphatic hydroxyl groups excluding tert-OH is 1. The Morgan fingerprint density at radius 1 is 1.02 bits per heavy atom. The van der Waals surface area contributed by atoms with Crippen molar-refractivity contribution in [1.29, 1.82) is 0 Å². The first kappa shape index (κ1) is 42.9. The number of carbonyl (C=O) groups excluding carboxylic acids is 5. The van der Waals surface area contributed by atoms with Gasteiger partial charge in [0, 0.05) is 52.1 Å². The van der Waals surface area contributed by atoms with Gasteiger partial charge in [-0.15, -0.1) is 0 Å². The first-order chi connectivity index (χ1) is 23.1. The molecule has 1 heterocycles. The number of anilines is 1. The molecule has 4 atom stereocenters. The van der Waals surface area contributed by atoms with Crippen LogP contribution in [-0.2, 0) is 44.8 Å². The normalized spacial score (nSPS) is 17.6. The molecule has 0 radical (unpaired) electrons. The van der Waals surface area contributed by atoms with Crippen LogP contribution in [0.2, 0.25) is 0 Å². The average Bonchev–Trinajstić information content (AvgIpc) is 3.03. The van der Waals surface area contributed by atoms with E-state index in [-0.39, 0.29) is 54.9 Å². The van der Waals surface area contributed by atoms with Gasteiger partial charge in [0.2, 0.25) is 24.0 Å². The molecule has 49 heavy (non-hydrogen) atoms. The van der Waals surface area contributed by atoms with E-state index in [0.717, 1.165) is 0 Å². The molecule has 0 bridgehead atoms. The molecule has 2 rings (SSSR count). The zero-order valence-electron chi connectivity index (χ0n) is 29.7. The van der Waals surface area contributed by atoms with E-state index in [1.54, 1.807) is 26.8 Å². The standard InChI is InChI=1S/C31H46N4O11.C3H8/c1-6-21(37)9-11-35(5)12-10-26(39)34-29(18(2)3)30(41)32-16-27(40)33-23-8-7-20(17-44-19(4)36)13-24(23)45-28-15-22(38)14-25(46-28)31(42)43;1-3-2/h7-8,13,18,22,25,28-29,38H,6,9-12,14-17H2,1-5H3,(H,32,41)(H,33,40)(H,34,39)(H,42,43);3H2,1-2H3. The highest BCUT2D eigenvalue weighted by Gasteiger charge is 2.34. The highest BCUT2D eigenvalue weighted by molar-refractivity contribution is 5.97. The van der Waals surface area contributed by atoms with E-state index in [4.69, 9.17) is 14.2 Å². The fourth-order valence-corrected chi connectivity index (χ4v) is 4.43. The number of ketones is 1. The molecular formula is C34H54N4O11. The van der Waals surface area contributed by atoms with Gasteiger partial charge in [0.25, 0.3) is 0 Å². The molecule has 0 spiro atoms. The minimum Gasteiger partial charge on any atom is -0.479 e. The lowest BCUT2D eigenvalue weighted by atomic mass is 10.0. The number of carboxylic acid groups (broad SMARTS) is 1. The second-order valence-corrected chi connectivity index (χ2v) is 12.2. The zero-order valence-corrected chi connectivity index (χ0v) is 29.7. The van der Waals surface area contributed by atoms with Gasteiger partial charge in [-0.2, -0.15) is 0 Å². The van der Waals surface area contributed by atoms with Crippen molar-refractivity contribution in [3.8, 4) is 5.75 Å². The molecule has 1 aliphatic rings. The van der Waals surface area contributed by atoms with Gasteiger partial charge in [-0.3, -0.25) is 24.0 Å². The number of amides is 3. The smallest absolute Gasteiger partial charge is 0.333 e. The maximum absolute atomic E-state index is 12.9. The molecule has 276 valence electrons. The monoisotopic (exact) mass is 694 g/mol. The van der Waals surface area contributed by atoms with Crippen LogP contribution < -0.4 is 20.7 Å². The van der Waals surface area contributed by atoms with Gasteiger partial charge in [-0.1, -0.05) is 47.1 Å². The third-order valence-corrected chi connectivity index (χ3v) is 7.14. The van der Waals surface area contributed by atoms with Gasteiger partial charge in [0.05, 0.1) is 18.3 Å². The van der Waals surface area contributed by atoms with Gasteiger partial charge in [-0.25, -0.2) is 4.79 Å². The fourth-order valence-electron chi connectivity index (χ4n) is 4.43. The van der Waals surface area contributed by atoms with Crippen molar-refractivity contribution in [2.75, 3.05) is 32.0 Å². The van der Waals surface area contributed by atoms with Crippen molar-refractivity contribution in [2.45, 2.75) is 111 Å². The third kappa shape index (κ3) is 17.2. The first-order valence-corrected chi connectivity index (χ1v) is 16.7. The summed E-state index contributed by atoms with van der Waals surface area (Å²) in [7, 11) is 1.81. The molecule has 1 aliphatic heterocycles. The van der Waals surface area contributed by atoms with Crippen molar-refractivity contribution >= 4 is 41.1 Å². The number of nitrogens with zero attached hydrogens (tertiary/aromatic N) is 1. The van der Waals surface area contributed by atoms with E-state index in [2.05, 4.69) is 29.8 Å². The van der Waals surface area contributed by atoms with Crippen LogP contribution in [0.15, 0.2) is 18.2 Å². The topological polar surface area (TPSA) is 210 Å². The number of nitrogens with one attached hydrogen (secondary N) is 3. The molecule has 1 saturated heterocycles. The first-order valence-electron chi connectivity index (χ1n) is 16.7. The Balaban J connectivity index is 0.00000385. The van der Waals surface area contributed by atoms with Crippen molar-refractivity contribution in [1.82, 2.24) is 15.5 Å². The van der Waals surface area contributed by atoms with Crippen LogP contribution in [0.3, 0.4) is 0 Å². The van der Waals surface area contributed by atoms with E-state index >= 15 is 0 Å². The average molecular weight is 695 g/mol. The van der Waals surface area contributed by atoms with E-state index < -0.39 is 54.8 Å². The van der Waals surface area contributed by atoms with Crippen molar-refractivity contribution in [3.05, 3.63) is 23.8 Å². The summed E-state index contributed by atoms with van der Waals surface area (Å²) in [5.74, 6) is -3.38. The van der Waals surface area contributed by atoms with Gasteiger partial charge >= 0.3 is 11.9 Å². The maximum atomic E-state index is 12.9. The lowest BCUT2D eigenvalue weighted by Gasteiger charge is -2.31. The van der Waals surface area contributed by atoms with Gasteiger partial charge in [-0.05, 0) is 30.7 Å². The second kappa shape index (κ2) is 22.5. The number of hydrogen-bond acceptors (Lipinski definition) is 11. The van der Waals surface area contributed by atoms with Crippen LogP contribution in [0.5, 0.6) is 5.75 Å². The van der Waals surface area contributed by atoms with Crippen LogP contribution in [-0.4, -0.2) is 102 Å². The Kier molecular flexibility index (Phi) is 19.7. The van der Waals surface area contributed by atoms with Crippen LogP contribution >= 0.6 is 0 Å². The number of rotatable bonds is 18. The summed E-state index contributed by atoms with van der Waals surface area (Å²) in [6.07, 6.45) is -1.34. The fraction of sp³-hybridized carbons (Fsp3) is 0.647. The number of esters is 1. The summed E-state index contributed by atoms with van der Waals surface area (Å²) in [5.41, 5.74) is 0.652. The molecule has 4 unspecified atom stereocenters. The molecular weight excluding hydrogens is 640 g/mol. The lowest BCUT2D eigenvalue weighted by molar-refractivity contribution is -0.195. The van der Waals surface area contributed by atoms with E-state index in [9.17, 15) is 39.0 Å². The number of aliphatic hydroxyl groups is 1. The Labute approximate surface area is 288 Å². The Bertz CT molecular complexity index is 1260. The summed E-state index contributed by atoms with van der Waals surface area (Å²) in [5, 5.41) is 27.3. The van der Waals surface area contributed by atoms with Crippen LogP contribution in [0.4, 0.5) is 5.69 Å². The van der Waals surface area contributed by atoms with Crippen molar-refractivity contribution in [3.63, 3.8) is 0 Å².